The van der Waals surface area contributed by atoms with Crippen LogP contribution >= 0.6 is 0 Å². The van der Waals surface area contributed by atoms with E-state index in [9.17, 15) is 9.90 Å². The van der Waals surface area contributed by atoms with Crippen LogP contribution in [0.4, 0.5) is 0 Å². The zero-order chi connectivity index (χ0) is 17.7. The number of hydrogen-bond donors (Lipinski definition) is 1. The summed E-state index contributed by atoms with van der Waals surface area (Å²) in [5.74, 6) is 0.696. The van der Waals surface area contributed by atoms with Crippen LogP contribution in [0.2, 0.25) is 0 Å². The molecule has 2 atom stereocenters. The summed E-state index contributed by atoms with van der Waals surface area (Å²) in [6.45, 7) is 5.13. The summed E-state index contributed by atoms with van der Waals surface area (Å²) < 4.78 is 1.78. The fraction of sp³-hybridized carbons (Fsp3) is 0.632. The van der Waals surface area contributed by atoms with E-state index in [0.29, 0.717) is 12.5 Å². The van der Waals surface area contributed by atoms with E-state index in [1.165, 1.54) is 0 Å². The van der Waals surface area contributed by atoms with E-state index in [1.807, 2.05) is 31.9 Å². The van der Waals surface area contributed by atoms with Gasteiger partial charge in [-0.15, -0.1) is 0 Å². The monoisotopic (exact) mass is 342 g/mol. The van der Waals surface area contributed by atoms with E-state index < -0.39 is 0 Å². The van der Waals surface area contributed by atoms with Crippen molar-refractivity contribution >= 4 is 16.9 Å². The van der Waals surface area contributed by atoms with Crippen molar-refractivity contribution in [3.8, 4) is 0 Å². The first-order valence-corrected chi connectivity index (χ1v) is 9.27. The number of hydrogen-bond acceptors (Lipinski definition) is 4. The van der Waals surface area contributed by atoms with Gasteiger partial charge in [0.05, 0.1) is 22.7 Å². The molecule has 1 amide bonds. The molecule has 6 heteroatoms. The summed E-state index contributed by atoms with van der Waals surface area (Å²) in [6.07, 6.45) is 3.84. The van der Waals surface area contributed by atoms with Crippen molar-refractivity contribution in [3.63, 3.8) is 0 Å². The minimum Gasteiger partial charge on any atom is -0.393 e. The van der Waals surface area contributed by atoms with Crippen molar-refractivity contribution in [2.45, 2.75) is 51.6 Å². The smallest absolute Gasteiger partial charge is 0.254 e. The van der Waals surface area contributed by atoms with Gasteiger partial charge in [0.2, 0.25) is 0 Å². The third-order valence-electron chi connectivity index (χ3n) is 5.64. The molecule has 25 heavy (non-hydrogen) atoms. The van der Waals surface area contributed by atoms with Crippen molar-refractivity contribution in [3.05, 3.63) is 23.0 Å². The second-order valence-corrected chi connectivity index (χ2v) is 7.67. The average molecular weight is 342 g/mol. The second-order valence-electron chi connectivity index (χ2n) is 7.67. The molecular formula is C19H26N4O2. The highest BCUT2D eigenvalue weighted by Gasteiger charge is 2.32. The number of aromatic nitrogens is 3. The van der Waals surface area contributed by atoms with Gasteiger partial charge in [0.15, 0.2) is 5.65 Å². The number of fused-ring (bicyclic) bond motifs is 1. The summed E-state index contributed by atoms with van der Waals surface area (Å²) in [5, 5.41) is 15.3. The first kappa shape index (κ1) is 16.5. The standard InChI is InChI=1S/C19H26N4O2/c1-11-17-15(19(25)23-8-4-5-14(10-23)12(2)24)9-16(13-6-7-13)20-18(17)22(3)21-11/h9,12-14,24H,4-8,10H2,1-3H3. The number of pyridine rings is 1. The van der Waals surface area contributed by atoms with E-state index >= 15 is 0 Å². The van der Waals surface area contributed by atoms with E-state index in [2.05, 4.69) is 5.10 Å². The second kappa shape index (κ2) is 6.09. The number of nitrogens with zero attached hydrogens (tertiary/aromatic N) is 4. The van der Waals surface area contributed by atoms with Crippen molar-refractivity contribution in [1.82, 2.24) is 19.7 Å². The Bertz CT molecular complexity index is 822. The summed E-state index contributed by atoms with van der Waals surface area (Å²) in [7, 11) is 1.89. The minimum absolute atomic E-state index is 0.0516. The molecule has 1 saturated heterocycles. The summed E-state index contributed by atoms with van der Waals surface area (Å²) in [5.41, 5.74) is 3.39. The van der Waals surface area contributed by atoms with Crippen LogP contribution in [0.15, 0.2) is 6.07 Å². The van der Waals surface area contributed by atoms with Crippen molar-refractivity contribution in [2.24, 2.45) is 13.0 Å². The van der Waals surface area contributed by atoms with E-state index in [0.717, 1.165) is 60.2 Å². The van der Waals surface area contributed by atoms with Gasteiger partial charge < -0.3 is 10.0 Å². The Hall–Kier alpha value is -1.95. The fourth-order valence-electron chi connectivity index (χ4n) is 3.98. The molecular weight excluding hydrogens is 316 g/mol. The van der Waals surface area contributed by atoms with Crippen LogP contribution in [0, 0.1) is 12.8 Å². The predicted molar refractivity (Wildman–Crippen MR) is 95.5 cm³/mol. The third-order valence-corrected chi connectivity index (χ3v) is 5.64. The molecule has 0 spiro atoms. The molecule has 2 aromatic rings. The Balaban J connectivity index is 1.75. The molecule has 134 valence electrons. The Labute approximate surface area is 147 Å². The predicted octanol–water partition coefficient (Wildman–Crippen LogP) is 2.39. The van der Waals surface area contributed by atoms with E-state index in [4.69, 9.17) is 4.98 Å². The number of aliphatic hydroxyl groups is 1. The molecule has 2 aliphatic rings. The maximum atomic E-state index is 13.3. The normalized spacial score (nSPS) is 22.4. The number of aryl methyl sites for hydroxylation is 2. The molecule has 1 saturated carbocycles. The third kappa shape index (κ3) is 2.92. The van der Waals surface area contributed by atoms with Crippen LogP contribution in [0.5, 0.6) is 0 Å². The highest BCUT2D eigenvalue weighted by Crippen LogP contribution is 2.40. The topological polar surface area (TPSA) is 71.2 Å². The van der Waals surface area contributed by atoms with Gasteiger partial charge in [0.25, 0.3) is 5.91 Å². The molecule has 0 bridgehead atoms. The van der Waals surface area contributed by atoms with Gasteiger partial charge in [0.1, 0.15) is 0 Å². The molecule has 4 rings (SSSR count). The number of likely N-dealkylation sites (tertiary alicyclic amines) is 1. The van der Waals surface area contributed by atoms with Crippen molar-refractivity contribution in [1.29, 1.82) is 0 Å². The Kier molecular flexibility index (Phi) is 4.02. The molecule has 0 radical (unpaired) electrons. The highest BCUT2D eigenvalue weighted by atomic mass is 16.3. The van der Waals surface area contributed by atoms with Crippen LogP contribution < -0.4 is 0 Å². The maximum absolute atomic E-state index is 13.3. The molecule has 1 aliphatic heterocycles. The van der Waals surface area contributed by atoms with E-state index in [-0.39, 0.29) is 17.9 Å². The summed E-state index contributed by atoms with van der Waals surface area (Å²) in [6, 6.07) is 1.99. The van der Waals surface area contributed by atoms with Gasteiger partial charge in [-0.25, -0.2) is 4.98 Å². The molecule has 6 nitrogen and oxygen atoms in total. The number of amides is 1. The SMILES string of the molecule is Cc1nn(C)c2nc(C3CC3)cc(C(=O)N3CCCC(C(C)O)C3)c12. The molecule has 3 heterocycles. The number of aliphatic hydroxyl groups excluding tert-OH is 1. The zero-order valence-corrected chi connectivity index (χ0v) is 15.2. The van der Waals surface area contributed by atoms with Crippen molar-refractivity contribution in [2.75, 3.05) is 13.1 Å². The Morgan fingerprint density at radius 3 is 2.80 bits per heavy atom. The van der Waals surface area contributed by atoms with Crippen LogP contribution in [0.25, 0.3) is 11.0 Å². The van der Waals surface area contributed by atoms with Gasteiger partial charge in [-0.3, -0.25) is 9.48 Å². The molecule has 1 aliphatic carbocycles. The number of carbonyl (C=O) groups excluding carboxylic acids is 1. The number of piperidine rings is 1. The maximum Gasteiger partial charge on any atom is 0.254 e. The van der Waals surface area contributed by atoms with Crippen molar-refractivity contribution < 1.29 is 9.90 Å². The lowest BCUT2D eigenvalue weighted by molar-refractivity contribution is 0.0467. The molecule has 2 aromatic heterocycles. The lowest BCUT2D eigenvalue weighted by Gasteiger charge is -2.34. The highest BCUT2D eigenvalue weighted by molar-refractivity contribution is 6.06. The van der Waals surface area contributed by atoms with Gasteiger partial charge in [-0.05, 0) is 45.6 Å². The van der Waals surface area contributed by atoms with Crippen LogP contribution in [-0.4, -0.2) is 49.9 Å². The average Bonchev–Trinajstić information content (AvgIpc) is 3.41. The molecule has 2 fully saturated rings. The summed E-state index contributed by atoms with van der Waals surface area (Å²) >= 11 is 0. The molecule has 1 N–H and O–H groups in total. The van der Waals surface area contributed by atoms with Crippen LogP contribution in [0.3, 0.4) is 0 Å². The van der Waals surface area contributed by atoms with Gasteiger partial charge in [0, 0.05) is 37.7 Å². The van der Waals surface area contributed by atoms with Gasteiger partial charge in [-0.1, -0.05) is 0 Å². The first-order valence-electron chi connectivity index (χ1n) is 9.27. The lowest BCUT2D eigenvalue weighted by atomic mass is 9.92. The van der Waals surface area contributed by atoms with Gasteiger partial charge in [-0.2, -0.15) is 5.10 Å². The number of rotatable bonds is 3. The fourth-order valence-corrected chi connectivity index (χ4v) is 3.98. The number of carbonyl (C=O) groups is 1. The van der Waals surface area contributed by atoms with Crippen LogP contribution in [0.1, 0.15) is 60.3 Å². The minimum atomic E-state index is -0.379. The quantitative estimate of drug-likeness (QED) is 0.930. The Morgan fingerprint density at radius 1 is 1.36 bits per heavy atom. The van der Waals surface area contributed by atoms with E-state index in [1.54, 1.807) is 4.68 Å². The van der Waals surface area contributed by atoms with Crippen LogP contribution in [-0.2, 0) is 7.05 Å². The zero-order valence-electron chi connectivity index (χ0n) is 15.2. The first-order chi connectivity index (χ1) is 12.0. The molecule has 2 unspecified atom stereocenters. The molecule has 0 aromatic carbocycles. The summed E-state index contributed by atoms with van der Waals surface area (Å²) in [4.78, 5) is 20.0. The lowest BCUT2D eigenvalue weighted by Crippen LogP contribution is -2.43. The Morgan fingerprint density at radius 2 is 2.12 bits per heavy atom. The van der Waals surface area contributed by atoms with Gasteiger partial charge >= 0.3 is 0 Å². The largest absolute Gasteiger partial charge is 0.393 e.